The smallest absolute Gasteiger partial charge is 0.316 e. The van der Waals surface area contributed by atoms with Crippen molar-refractivity contribution in [3.05, 3.63) is 52.0 Å². The molecule has 6 heteroatoms. The summed E-state index contributed by atoms with van der Waals surface area (Å²) in [5.41, 5.74) is 2.06. The maximum atomic E-state index is 12.5. The van der Waals surface area contributed by atoms with Crippen molar-refractivity contribution in [1.29, 1.82) is 0 Å². The van der Waals surface area contributed by atoms with Crippen LogP contribution in [0.5, 0.6) is 0 Å². The summed E-state index contributed by atoms with van der Waals surface area (Å²) in [6.07, 6.45) is -0.944. The van der Waals surface area contributed by atoms with E-state index >= 15 is 0 Å². The molecule has 2 rings (SSSR count). The third-order valence-corrected chi connectivity index (χ3v) is 3.90. The topological polar surface area (TPSA) is 24.9 Å². The first-order valence-electron chi connectivity index (χ1n) is 6.20. The third-order valence-electron chi connectivity index (χ3n) is 3.10. The van der Waals surface area contributed by atoms with Gasteiger partial charge in [-0.05, 0) is 37.6 Å². The molecule has 0 aliphatic heterocycles. The van der Waals surface area contributed by atoms with Gasteiger partial charge in [-0.3, -0.25) is 4.98 Å². The van der Waals surface area contributed by atoms with Crippen LogP contribution in [0.1, 0.15) is 16.0 Å². The monoisotopic (exact) mass is 300 g/mol. The Morgan fingerprint density at radius 3 is 2.40 bits per heavy atom. The minimum Gasteiger partial charge on any atom is -0.316 e. The molecular weight excluding hydrogens is 285 g/mol. The molecule has 108 valence electrons. The zero-order valence-electron chi connectivity index (χ0n) is 10.9. The number of hydrogen-bond donors (Lipinski definition) is 1. The van der Waals surface area contributed by atoms with Gasteiger partial charge in [0, 0.05) is 17.1 Å². The van der Waals surface area contributed by atoms with Gasteiger partial charge >= 0.3 is 6.18 Å². The molecule has 1 aromatic carbocycles. The summed E-state index contributed by atoms with van der Waals surface area (Å²) in [5.74, 6) is 0. The number of benzene rings is 1. The van der Waals surface area contributed by atoms with Crippen LogP contribution < -0.4 is 5.32 Å². The van der Waals surface area contributed by atoms with E-state index in [0.29, 0.717) is 6.42 Å². The van der Waals surface area contributed by atoms with Crippen molar-refractivity contribution < 1.29 is 13.2 Å². The fourth-order valence-corrected chi connectivity index (χ4v) is 2.65. The number of alkyl halides is 3. The summed E-state index contributed by atoms with van der Waals surface area (Å²) in [5, 5.41) is 3.19. The first-order chi connectivity index (χ1) is 9.49. The molecule has 2 nitrogen and oxygen atoms in total. The SMILES string of the molecule is CNC(Cc1ccc(C(F)(F)F)cc1)Cc1cncs1. The zero-order valence-corrected chi connectivity index (χ0v) is 11.8. The minimum atomic E-state index is -4.27. The van der Waals surface area contributed by atoms with Gasteiger partial charge in [-0.2, -0.15) is 13.2 Å². The van der Waals surface area contributed by atoms with E-state index in [2.05, 4.69) is 10.3 Å². The number of nitrogens with one attached hydrogen (secondary N) is 1. The Labute approximate surface area is 119 Å². The lowest BCUT2D eigenvalue weighted by Crippen LogP contribution is -2.29. The van der Waals surface area contributed by atoms with Crippen molar-refractivity contribution in [3.8, 4) is 0 Å². The van der Waals surface area contributed by atoms with Crippen LogP contribution >= 0.6 is 11.3 Å². The highest BCUT2D eigenvalue weighted by Gasteiger charge is 2.29. The van der Waals surface area contributed by atoms with E-state index < -0.39 is 11.7 Å². The number of aromatic nitrogens is 1. The normalized spacial score (nSPS) is 13.4. The van der Waals surface area contributed by atoms with E-state index in [-0.39, 0.29) is 6.04 Å². The Morgan fingerprint density at radius 1 is 1.20 bits per heavy atom. The van der Waals surface area contributed by atoms with Crippen LogP contribution in [-0.4, -0.2) is 18.1 Å². The molecule has 0 aliphatic carbocycles. The number of rotatable bonds is 5. The second-order valence-corrected chi connectivity index (χ2v) is 5.53. The van der Waals surface area contributed by atoms with E-state index in [4.69, 9.17) is 0 Å². The summed E-state index contributed by atoms with van der Waals surface area (Å²) in [7, 11) is 1.86. The molecule has 0 fully saturated rings. The summed E-state index contributed by atoms with van der Waals surface area (Å²) in [4.78, 5) is 5.18. The molecule has 1 unspecified atom stereocenters. The minimum absolute atomic E-state index is 0.187. The molecule has 0 saturated heterocycles. The maximum absolute atomic E-state index is 12.5. The van der Waals surface area contributed by atoms with Crippen LogP contribution in [0.3, 0.4) is 0 Å². The van der Waals surface area contributed by atoms with Crippen LogP contribution in [0.15, 0.2) is 36.0 Å². The Balaban J connectivity index is 2.01. The van der Waals surface area contributed by atoms with E-state index in [1.165, 1.54) is 0 Å². The van der Waals surface area contributed by atoms with Crippen LogP contribution in [0.2, 0.25) is 0 Å². The van der Waals surface area contributed by atoms with Gasteiger partial charge in [0.25, 0.3) is 0 Å². The van der Waals surface area contributed by atoms with Crippen molar-refractivity contribution in [1.82, 2.24) is 10.3 Å². The Kier molecular flexibility index (Phi) is 4.77. The van der Waals surface area contributed by atoms with Crippen molar-refractivity contribution >= 4 is 11.3 Å². The quantitative estimate of drug-likeness (QED) is 0.913. The molecule has 1 aromatic heterocycles. The Hall–Kier alpha value is -1.40. The van der Waals surface area contributed by atoms with E-state index in [0.717, 1.165) is 29.0 Å². The average molecular weight is 300 g/mol. The van der Waals surface area contributed by atoms with Gasteiger partial charge in [0.1, 0.15) is 0 Å². The highest BCUT2D eigenvalue weighted by molar-refractivity contribution is 7.09. The number of halogens is 3. The van der Waals surface area contributed by atoms with Crippen LogP contribution in [0.4, 0.5) is 13.2 Å². The van der Waals surface area contributed by atoms with E-state index in [1.807, 2.05) is 13.2 Å². The van der Waals surface area contributed by atoms with Crippen molar-refractivity contribution in [2.75, 3.05) is 7.05 Å². The fourth-order valence-electron chi connectivity index (χ4n) is 1.98. The number of thiazole rings is 1. The molecule has 0 aliphatic rings. The summed E-state index contributed by atoms with van der Waals surface area (Å²) >= 11 is 1.58. The predicted molar refractivity (Wildman–Crippen MR) is 73.8 cm³/mol. The highest BCUT2D eigenvalue weighted by Crippen LogP contribution is 2.29. The zero-order chi connectivity index (χ0) is 14.6. The second-order valence-electron chi connectivity index (χ2n) is 4.56. The molecule has 2 aromatic rings. The van der Waals surface area contributed by atoms with E-state index in [1.54, 1.807) is 29.0 Å². The van der Waals surface area contributed by atoms with Crippen molar-refractivity contribution in [3.63, 3.8) is 0 Å². The first-order valence-corrected chi connectivity index (χ1v) is 7.08. The molecule has 0 spiro atoms. The number of likely N-dealkylation sites (N-methyl/N-ethyl adjacent to an activating group) is 1. The lowest BCUT2D eigenvalue weighted by Gasteiger charge is -2.15. The van der Waals surface area contributed by atoms with Crippen LogP contribution in [0.25, 0.3) is 0 Å². The fraction of sp³-hybridized carbons (Fsp3) is 0.357. The summed E-state index contributed by atoms with van der Waals surface area (Å²) < 4.78 is 37.4. The predicted octanol–water partition coefficient (Wildman–Crippen LogP) is 3.54. The molecule has 0 bridgehead atoms. The Morgan fingerprint density at radius 2 is 1.90 bits per heavy atom. The third kappa shape index (κ3) is 4.05. The van der Waals surface area contributed by atoms with E-state index in [9.17, 15) is 13.2 Å². The average Bonchev–Trinajstić information content (AvgIpc) is 2.90. The molecule has 20 heavy (non-hydrogen) atoms. The molecule has 0 amide bonds. The number of hydrogen-bond acceptors (Lipinski definition) is 3. The van der Waals surface area contributed by atoms with Crippen molar-refractivity contribution in [2.45, 2.75) is 25.1 Å². The first kappa shape index (κ1) is 15.0. The lowest BCUT2D eigenvalue weighted by molar-refractivity contribution is -0.137. The molecule has 1 heterocycles. The van der Waals surface area contributed by atoms with Gasteiger partial charge in [-0.15, -0.1) is 11.3 Å². The molecule has 0 radical (unpaired) electrons. The summed E-state index contributed by atoms with van der Waals surface area (Å²) in [6.45, 7) is 0. The lowest BCUT2D eigenvalue weighted by atomic mass is 10.0. The van der Waals surface area contributed by atoms with Gasteiger partial charge in [-0.1, -0.05) is 12.1 Å². The van der Waals surface area contributed by atoms with Gasteiger partial charge < -0.3 is 5.32 Å². The highest BCUT2D eigenvalue weighted by atomic mass is 32.1. The second kappa shape index (κ2) is 6.37. The van der Waals surface area contributed by atoms with Crippen LogP contribution in [-0.2, 0) is 19.0 Å². The van der Waals surface area contributed by atoms with Gasteiger partial charge in [0.05, 0.1) is 11.1 Å². The molecule has 1 atom stereocenters. The van der Waals surface area contributed by atoms with Gasteiger partial charge in [0.2, 0.25) is 0 Å². The molecule has 0 saturated carbocycles. The van der Waals surface area contributed by atoms with Gasteiger partial charge in [-0.25, -0.2) is 0 Å². The Bertz CT molecular complexity index is 520. The largest absolute Gasteiger partial charge is 0.416 e. The van der Waals surface area contributed by atoms with Crippen molar-refractivity contribution in [2.24, 2.45) is 0 Å². The summed E-state index contributed by atoms with van der Waals surface area (Å²) in [6, 6.07) is 5.54. The number of nitrogens with zero attached hydrogens (tertiary/aromatic N) is 1. The molecular formula is C14H15F3N2S. The van der Waals surface area contributed by atoms with Crippen LogP contribution in [0, 0.1) is 0 Å². The van der Waals surface area contributed by atoms with Gasteiger partial charge in [0.15, 0.2) is 0 Å². The standard InChI is InChI=1S/C14H15F3N2S/c1-18-12(7-13-8-19-9-20-13)6-10-2-4-11(5-3-10)14(15,16)17/h2-5,8-9,12,18H,6-7H2,1H3. The maximum Gasteiger partial charge on any atom is 0.416 e. The molecule has 1 N–H and O–H groups in total.